The van der Waals surface area contributed by atoms with E-state index in [1.165, 1.54) is 21.6 Å². The minimum Gasteiger partial charge on any atom is -0.443 e. The van der Waals surface area contributed by atoms with Gasteiger partial charge < -0.3 is 4.74 Å². The molecule has 0 aromatic heterocycles. The summed E-state index contributed by atoms with van der Waals surface area (Å²) in [4.78, 5) is 27.3. The van der Waals surface area contributed by atoms with E-state index in [1.54, 1.807) is 0 Å². The van der Waals surface area contributed by atoms with Crippen molar-refractivity contribution in [3.63, 3.8) is 0 Å². The Kier molecular flexibility index (Phi) is 6.60. The minimum absolute atomic E-state index is 0.0127. The van der Waals surface area contributed by atoms with E-state index in [0.29, 0.717) is 6.54 Å². The number of benzene rings is 3. The van der Waals surface area contributed by atoms with Crippen molar-refractivity contribution in [2.24, 2.45) is 0 Å². The van der Waals surface area contributed by atoms with Gasteiger partial charge in [-0.1, -0.05) is 78.4 Å². The van der Waals surface area contributed by atoms with Gasteiger partial charge in [-0.05, 0) is 62.4 Å². The second-order valence-corrected chi connectivity index (χ2v) is 10.3. The Labute approximate surface area is 202 Å². The number of hydrogen-bond acceptors (Lipinski definition) is 3. The fourth-order valence-corrected chi connectivity index (χ4v) is 4.73. The van der Waals surface area contributed by atoms with Crippen molar-refractivity contribution in [2.45, 2.75) is 58.5 Å². The molecule has 1 saturated heterocycles. The topological polar surface area (TPSA) is 46.6 Å². The Morgan fingerprint density at radius 3 is 2.29 bits per heavy atom. The summed E-state index contributed by atoms with van der Waals surface area (Å²) in [5, 5.41) is 0. The number of rotatable bonds is 3. The van der Waals surface area contributed by atoms with Gasteiger partial charge in [0.25, 0.3) is 0 Å². The first-order valence-electron chi connectivity index (χ1n) is 11.9. The minimum atomic E-state index is -0.661. The van der Waals surface area contributed by atoms with Crippen LogP contribution in [0, 0.1) is 13.8 Å². The van der Waals surface area contributed by atoms with Crippen LogP contribution >= 0.6 is 0 Å². The van der Waals surface area contributed by atoms with Gasteiger partial charge in [-0.2, -0.15) is 0 Å². The summed E-state index contributed by atoms with van der Waals surface area (Å²) in [7, 11) is 0. The molecule has 0 unspecified atom stereocenters. The van der Waals surface area contributed by atoms with Gasteiger partial charge in [0.05, 0.1) is 0 Å². The molecule has 0 N–H and O–H groups in total. The molecular weight excluding hydrogens is 422 g/mol. The van der Waals surface area contributed by atoms with E-state index in [-0.39, 0.29) is 24.2 Å². The van der Waals surface area contributed by atoms with E-state index in [9.17, 15) is 9.59 Å². The summed E-state index contributed by atoms with van der Waals surface area (Å²) in [6.45, 7) is 9.97. The van der Waals surface area contributed by atoms with Crippen LogP contribution in [0.2, 0.25) is 0 Å². The van der Waals surface area contributed by atoms with Gasteiger partial charge in [-0.15, -0.1) is 0 Å². The third-order valence-electron chi connectivity index (χ3n) is 6.42. The molecule has 2 amide bonds. The highest BCUT2D eigenvalue weighted by Gasteiger charge is 2.40. The van der Waals surface area contributed by atoms with E-state index in [1.807, 2.05) is 39.0 Å². The lowest BCUT2D eigenvalue weighted by molar-refractivity contribution is -0.133. The standard InChI is InChI=1S/C30H33NO3/c1-20-14-15-21(2)25(16-20)23-12-9-13-24(17-23)27-19-31(29(33)34-30(3,4)5)28(32)18-26(27)22-10-7-6-8-11-22/h6-17,26-27H,18-19H2,1-5H3/t26-,27+/m0/s1. The van der Waals surface area contributed by atoms with Gasteiger partial charge in [-0.3, -0.25) is 4.79 Å². The molecule has 1 fully saturated rings. The number of carbonyl (C=O) groups excluding carboxylic acids is 2. The SMILES string of the molecule is Cc1ccc(C)c(-c2cccc([C@H]3CN(C(=O)OC(C)(C)C)C(=O)C[C@H]3c3ccccc3)c2)c1. The van der Waals surface area contributed by atoms with E-state index >= 15 is 0 Å². The molecule has 0 spiro atoms. The maximum Gasteiger partial charge on any atom is 0.417 e. The third kappa shape index (κ3) is 5.22. The lowest BCUT2D eigenvalue weighted by Gasteiger charge is -2.38. The summed E-state index contributed by atoms with van der Waals surface area (Å²) in [5.41, 5.74) is 6.35. The number of piperidine rings is 1. The van der Waals surface area contributed by atoms with Crippen molar-refractivity contribution in [1.82, 2.24) is 4.90 Å². The van der Waals surface area contributed by atoms with Crippen molar-refractivity contribution >= 4 is 12.0 Å². The highest BCUT2D eigenvalue weighted by atomic mass is 16.6. The number of amides is 2. The quantitative estimate of drug-likeness (QED) is 0.427. The normalized spacial score (nSPS) is 18.6. The predicted octanol–water partition coefficient (Wildman–Crippen LogP) is 7.01. The van der Waals surface area contributed by atoms with Crippen molar-refractivity contribution < 1.29 is 14.3 Å². The molecule has 1 heterocycles. The van der Waals surface area contributed by atoms with Gasteiger partial charge in [0, 0.05) is 24.8 Å². The van der Waals surface area contributed by atoms with Gasteiger partial charge in [0.15, 0.2) is 0 Å². The molecule has 1 aliphatic rings. The van der Waals surface area contributed by atoms with Crippen LogP contribution in [0.25, 0.3) is 11.1 Å². The van der Waals surface area contributed by atoms with Crippen molar-refractivity contribution in [3.8, 4) is 11.1 Å². The van der Waals surface area contributed by atoms with Gasteiger partial charge in [0.2, 0.25) is 5.91 Å². The number of aryl methyl sites for hydroxylation is 2. The molecule has 3 aromatic rings. The molecule has 0 saturated carbocycles. The van der Waals surface area contributed by atoms with E-state index < -0.39 is 11.7 Å². The molecule has 0 bridgehead atoms. The number of imide groups is 1. The molecule has 1 aliphatic heterocycles. The van der Waals surface area contributed by atoms with E-state index in [4.69, 9.17) is 4.74 Å². The lowest BCUT2D eigenvalue weighted by atomic mass is 9.76. The zero-order valence-electron chi connectivity index (χ0n) is 20.7. The average molecular weight is 456 g/mol. The van der Waals surface area contributed by atoms with E-state index in [2.05, 4.69) is 68.4 Å². The monoisotopic (exact) mass is 455 g/mol. The van der Waals surface area contributed by atoms with Crippen molar-refractivity contribution in [3.05, 3.63) is 95.1 Å². The number of nitrogens with zero attached hydrogens (tertiary/aromatic N) is 1. The zero-order chi connectivity index (χ0) is 24.5. The second-order valence-electron chi connectivity index (χ2n) is 10.3. The molecule has 0 radical (unpaired) electrons. The zero-order valence-corrected chi connectivity index (χ0v) is 20.7. The van der Waals surface area contributed by atoms with Crippen molar-refractivity contribution in [1.29, 1.82) is 0 Å². The molecule has 3 aromatic carbocycles. The van der Waals surface area contributed by atoms with Crippen LogP contribution in [-0.2, 0) is 9.53 Å². The summed E-state index contributed by atoms with van der Waals surface area (Å²) in [6.07, 6.45) is -0.304. The maximum atomic E-state index is 13.1. The number of ether oxygens (including phenoxy) is 1. The van der Waals surface area contributed by atoms with Gasteiger partial charge in [0.1, 0.15) is 5.60 Å². The Morgan fingerprint density at radius 2 is 1.59 bits per heavy atom. The summed E-state index contributed by atoms with van der Waals surface area (Å²) in [6, 6.07) is 25.1. The van der Waals surface area contributed by atoms with Crippen LogP contribution in [-0.4, -0.2) is 29.0 Å². The average Bonchev–Trinajstić information content (AvgIpc) is 2.80. The number of likely N-dealkylation sites (tertiary alicyclic amines) is 1. The summed E-state index contributed by atoms with van der Waals surface area (Å²) in [5.74, 6) is -0.232. The molecule has 2 atom stereocenters. The predicted molar refractivity (Wildman–Crippen MR) is 136 cm³/mol. The Hall–Kier alpha value is -3.40. The largest absolute Gasteiger partial charge is 0.443 e. The molecule has 176 valence electrons. The van der Waals surface area contributed by atoms with Crippen LogP contribution in [0.3, 0.4) is 0 Å². The number of carbonyl (C=O) groups is 2. The lowest BCUT2D eigenvalue weighted by Crippen LogP contribution is -2.47. The summed E-state index contributed by atoms with van der Waals surface area (Å²) < 4.78 is 5.56. The van der Waals surface area contributed by atoms with Crippen LogP contribution in [0.15, 0.2) is 72.8 Å². The van der Waals surface area contributed by atoms with Crippen LogP contribution in [0.1, 0.15) is 61.3 Å². The molecular formula is C30H33NO3. The third-order valence-corrected chi connectivity index (χ3v) is 6.42. The first kappa shape index (κ1) is 23.7. The van der Waals surface area contributed by atoms with Crippen LogP contribution < -0.4 is 0 Å². The Morgan fingerprint density at radius 1 is 0.882 bits per heavy atom. The number of hydrogen-bond donors (Lipinski definition) is 0. The van der Waals surface area contributed by atoms with Gasteiger partial charge in [-0.25, -0.2) is 9.69 Å². The Bertz CT molecular complexity index is 1190. The van der Waals surface area contributed by atoms with E-state index in [0.717, 1.165) is 16.7 Å². The molecule has 34 heavy (non-hydrogen) atoms. The first-order valence-corrected chi connectivity index (χ1v) is 11.9. The highest BCUT2D eigenvalue weighted by molar-refractivity contribution is 5.93. The first-order chi connectivity index (χ1) is 16.1. The van der Waals surface area contributed by atoms with Gasteiger partial charge >= 0.3 is 6.09 Å². The summed E-state index contributed by atoms with van der Waals surface area (Å²) >= 11 is 0. The molecule has 4 nitrogen and oxygen atoms in total. The van der Waals surface area contributed by atoms with Crippen molar-refractivity contribution in [2.75, 3.05) is 6.54 Å². The molecule has 4 heteroatoms. The smallest absolute Gasteiger partial charge is 0.417 e. The Balaban J connectivity index is 1.74. The molecule has 4 rings (SSSR count). The van der Waals surface area contributed by atoms with Crippen LogP contribution in [0.4, 0.5) is 4.79 Å². The van der Waals surface area contributed by atoms with Crippen LogP contribution in [0.5, 0.6) is 0 Å². The maximum absolute atomic E-state index is 13.1. The fraction of sp³-hybridized carbons (Fsp3) is 0.333. The fourth-order valence-electron chi connectivity index (χ4n) is 4.73. The highest BCUT2D eigenvalue weighted by Crippen LogP contribution is 2.41. The molecule has 0 aliphatic carbocycles. The second kappa shape index (κ2) is 9.46.